The zero-order chi connectivity index (χ0) is 14.4. The van der Waals surface area contributed by atoms with Crippen molar-refractivity contribution in [2.24, 2.45) is 0 Å². The molecule has 3 nitrogen and oxygen atoms in total. The fourth-order valence-corrected chi connectivity index (χ4v) is 5.03. The van der Waals surface area contributed by atoms with E-state index >= 15 is 0 Å². The predicted molar refractivity (Wildman–Crippen MR) is 83.3 cm³/mol. The van der Waals surface area contributed by atoms with E-state index in [1.807, 2.05) is 55.5 Å². The minimum absolute atomic E-state index is 0.336. The van der Waals surface area contributed by atoms with Crippen molar-refractivity contribution in [3.63, 3.8) is 0 Å². The van der Waals surface area contributed by atoms with Crippen molar-refractivity contribution in [2.45, 2.75) is 18.7 Å². The van der Waals surface area contributed by atoms with Crippen LogP contribution in [0.5, 0.6) is 5.75 Å². The summed E-state index contributed by atoms with van der Waals surface area (Å²) in [5.41, 5.74) is 0.932. The van der Waals surface area contributed by atoms with E-state index in [-0.39, 0.29) is 0 Å². The molecule has 0 bridgehead atoms. The van der Waals surface area contributed by atoms with E-state index in [4.69, 9.17) is 9.05 Å². The predicted octanol–water partition coefficient (Wildman–Crippen LogP) is 5.31. The highest BCUT2D eigenvalue weighted by molar-refractivity contribution is 8.55. The third-order valence-corrected chi connectivity index (χ3v) is 6.10. The van der Waals surface area contributed by atoms with E-state index in [2.05, 4.69) is 0 Å². The smallest absolute Gasteiger partial charge is 0.416 e. The average molecular weight is 308 g/mol. The van der Waals surface area contributed by atoms with Crippen LogP contribution >= 0.6 is 18.2 Å². The van der Waals surface area contributed by atoms with Gasteiger partial charge in [-0.25, -0.2) is 4.57 Å². The van der Waals surface area contributed by atoms with Gasteiger partial charge in [-0.1, -0.05) is 36.4 Å². The van der Waals surface area contributed by atoms with Crippen LogP contribution in [0.25, 0.3) is 0 Å². The van der Waals surface area contributed by atoms with Crippen molar-refractivity contribution in [1.29, 1.82) is 0 Å². The molecule has 0 aliphatic rings. The highest BCUT2D eigenvalue weighted by Gasteiger charge is 2.28. The number of hydrogen-bond acceptors (Lipinski definition) is 4. The van der Waals surface area contributed by atoms with Crippen LogP contribution in [0.4, 0.5) is 0 Å². The number of para-hydroxylation sites is 1. The quantitative estimate of drug-likeness (QED) is 0.677. The molecule has 1 unspecified atom stereocenters. The zero-order valence-electron chi connectivity index (χ0n) is 11.5. The van der Waals surface area contributed by atoms with E-state index in [1.54, 1.807) is 13.0 Å². The Hall–Kier alpha value is -1.22. The van der Waals surface area contributed by atoms with Gasteiger partial charge in [-0.2, -0.15) is 0 Å². The maximum atomic E-state index is 12.8. The first-order valence-corrected chi connectivity index (χ1v) is 9.34. The molecule has 0 fully saturated rings. The number of hydrogen-bond donors (Lipinski definition) is 0. The van der Waals surface area contributed by atoms with Gasteiger partial charge in [0.15, 0.2) is 0 Å². The maximum Gasteiger partial charge on any atom is 0.444 e. The molecular weight excluding hydrogens is 291 g/mol. The second-order valence-electron chi connectivity index (χ2n) is 4.13. The van der Waals surface area contributed by atoms with E-state index < -0.39 is 6.80 Å². The molecule has 2 aromatic rings. The van der Waals surface area contributed by atoms with E-state index in [1.165, 1.54) is 0 Å². The first-order valence-electron chi connectivity index (χ1n) is 6.37. The summed E-state index contributed by atoms with van der Waals surface area (Å²) in [6, 6.07) is 17.0. The molecule has 2 aromatic carbocycles. The Morgan fingerprint density at radius 3 is 2.35 bits per heavy atom. The van der Waals surface area contributed by atoms with Gasteiger partial charge in [-0.05, 0) is 37.6 Å². The molecule has 0 radical (unpaired) electrons. The van der Waals surface area contributed by atoms with Crippen molar-refractivity contribution >= 4 is 18.2 Å². The average Bonchev–Trinajstić information content (AvgIpc) is 2.43. The Kier molecular flexibility index (Phi) is 5.30. The number of benzene rings is 2. The molecule has 0 aliphatic carbocycles. The molecule has 0 saturated heterocycles. The van der Waals surface area contributed by atoms with E-state index in [9.17, 15) is 4.57 Å². The first-order chi connectivity index (χ1) is 9.63. The van der Waals surface area contributed by atoms with Crippen molar-refractivity contribution in [2.75, 3.05) is 6.61 Å². The minimum Gasteiger partial charge on any atom is -0.416 e. The van der Waals surface area contributed by atoms with Gasteiger partial charge < -0.3 is 4.52 Å². The third kappa shape index (κ3) is 4.14. The monoisotopic (exact) mass is 308 g/mol. The number of aryl methyl sites for hydroxylation is 1. The second-order valence-corrected chi connectivity index (χ2v) is 8.00. The summed E-state index contributed by atoms with van der Waals surface area (Å²) < 4.78 is 23.9. The summed E-state index contributed by atoms with van der Waals surface area (Å²) in [4.78, 5) is 0.859. The van der Waals surface area contributed by atoms with Crippen LogP contribution in [-0.2, 0) is 9.09 Å². The highest BCUT2D eigenvalue weighted by Crippen LogP contribution is 2.63. The lowest BCUT2D eigenvalue weighted by Gasteiger charge is -2.18. The topological polar surface area (TPSA) is 35.5 Å². The Labute approximate surface area is 123 Å². The molecule has 0 amide bonds. The maximum absolute atomic E-state index is 12.8. The summed E-state index contributed by atoms with van der Waals surface area (Å²) >= 11 is 1.13. The van der Waals surface area contributed by atoms with Crippen molar-refractivity contribution in [3.05, 3.63) is 60.2 Å². The molecule has 1 atom stereocenters. The van der Waals surface area contributed by atoms with Crippen LogP contribution in [0.15, 0.2) is 59.5 Å². The molecule has 0 saturated carbocycles. The molecule has 0 aromatic heterocycles. The molecule has 0 heterocycles. The van der Waals surface area contributed by atoms with E-state index in [0.29, 0.717) is 12.4 Å². The Bertz CT molecular complexity index is 601. The first kappa shape index (κ1) is 15.2. The lowest BCUT2D eigenvalue weighted by atomic mass is 10.2. The van der Waals surface area contributed by atoms with Gasteiger partial charge in [0.25, 0.3) is 0 Å². The van der Waals surface area contributed by atoms with Gasteiger partial charge in [0.05, 0.1) is 6.61 Å². The fourth-order valence-electron chi connectivity index (χ4n) is 1.62. The SMILES string of the molecule is CCOP(=O)(Oc1ccccc1C)Sc1ccccc1. The van der Waals surface area contributed by atoms with Gasteiger partial charge in [-0.3, -0.25) is 4.52 Å². The van der Waals surface area contributed by atoms with Crippen LogP contribution in [0.3, 0.4) is 0 Å². The molecule has 0 N–H and O–H groups in total. The van der Waals surface area contributed by atoms with E-state index in [0.717, 1.165) is 21.8 Å². The van der Waals surface area contributed by atoms with Crippen LogP contribution < -0.4 is 4.52 Å². The summed E-state index contributed by atoms with van der Waals surface area (Å²) in [7, 11) is 0. The number of rotatable bonds is 6. The standard InChI is InChI=1S/C15H17O3PS/c1-3-17-19(16,20-14-10-5-4-6-11-14)18-15-12-8-7-9-13(15)2/h4-12H,3H2,1-2H3. The third-order valence-electron chi connectivity index (χ3n) is 2.55. The van der Waals surface area contributed by atoms with Crippen molar-refractivity contribution in [1.82, 2.24) is 0 Å². The molecule has 106 valence electrons. The second kappa shape index (κ2) is 6.98. The summed E-state index contributed by atoms with van der Waals surface area (Å²) in [5, 5.41) is 0. The van der Waals surface area contributed by atoms with Crippen LogP contribution in [0, 0.1) is 6.92 Å². The van der Waals surface area contributed by atoms with Crippen molar-refractivity contribution in [3.8, 4) is 5.75 Å². The Balaban J connectivity index is 2.21. The van der Waals surface area contributed by atoms with Crippen molar-refractivity contribution < 1.29 is 13.6 Å². The molecule has 2 rings (SSSR count). The zero-order valence-corrected chi connectivity index (χ0v) is 13.2. The van der Waals surface area contributed by atoms with Gasteiger partial charge in [0, 0.05) is 16.3 Å². The van der Waals surface area contributed by atoms with Gasteiger partial charge in [0.2, 0.25) is 0 Å². The van der Waals surface area contributed by atoms with Crippen LogP contribution in [0.2, 0.25) is 0 Å². The normalized spacial score (nSPS) is 13.7. The van der Waals surface area contributed by atoms with Gasteiger partial charge in [-0.15, -0.1) is 0 Å². The Morgan fingerprint density at radius 1 is 1.05 bits per heavy atom. The summed E-state index contributed by atoms with van der Waals surface area (Å²) in [5.74, 6) is 0.590. The molecule has 5 heteroatoms. The fraction of sp³-hybridized carbons (Fsp3) is 0.200. The van der Waals surface area contributed by atoms with Gasteiger partial charge in [0.1, 0.15) is 5.75 Å². The molecule has 20 heavy (non-hydrogen) atoms. The Morgan fingerprint density at radius 2 is 1.70 bits per heavy atom. The molecule has 0 spiro atoms. The lowest BCUT2D eigenvalue weighted by Crippen LogP contribution is -1.96. The van der Waals surface area contributed by atoms with Crippen LogP contribution in [0.1, 0.15) is 12.5 Å². The molecular formula is C15H17O3PS. The minimum atomic E-state index is -3.27. The summed E-state index contributed by atoms with van der Waals surface area (Å²) in [6.45, 7) is 0.783. The molecule has 0 aliphatic heterocycles. The largest absolute Gasteiger partial charge is 0.444 e. The summed E-state index contributed by atoms with van der Waals surface area (Å²) in [6.07, 6.45) is 0. The highest BCUT2D eigenvalue weighted by atomic mass is 32.7. The van der Waals surface area contributed by atoms with Crippen LogP contribution in [-0.4, -0.2) is 6.61 Å². The lowest BCUT2D eigenvalue weighted by molar-refractivity contribution is 0.295. The van der Waals surface area contributed by atoms with Gasteiger partial charge >= 0.3 is 6.80 Å².